The SMILES string of the molecule is COc1cccc(F)c1COc1cc(Cl)c(S)cc1F. The first-order chi connectivity index (χ1) is 9.52. The van der Waals surface area contributed by atoms with Crippen molar-refractivity contribution in [3.8, 4) is 11.5 Å². The average Bonchev–Trinajstić information content (AvgIpc) is 2.42. The number of rotatable bonds is 4. The highest BCUT2D eigenvalue weighted by Crippen LogP contribution is 2.30. The third-order valence-corrected chi connectivity index (χ3v) is 3.48. The van der Waals surface area contributed by atoms with Gasteiger partial charge in [-0.3, -0.25) is 0 Å². The molecule has 2 aromatic carbocycles. The summed E-state index contributed by atoms with van der Waals surface area (Å²) in [6.45, 7) is -0.172. The van der Waals surface area contributed by atoms with Crippen LogP contribution in [0, 0.1) is 11.6 Å². The van der Waals surface area contributed by atoms with Crippen LogP contribution in [0.15, 0.2) is 35.2 Å². The number of methoxy groups -OCH3 is 1. The number of hydrogen-bond donors (Lipinski definition) is 1. The van der Waals surface area contributed by atoms with Gasteiger partial charge in [0.05, 0.1) is 17.7 Å². The first-order valence-electron chi connectivity index (χ1n) is 5.65. The molecule has 0 saturated carbocycles. The summed E-state index contributed by atoms with van der Waals surface area (Å²) < 4.78 is 37.7. The zero-order chi connectivity index (χ0) is 14.7. The highest BCUT2D eigenvalue weighted by atomic mass is 35.5. The van der Waals surface area contributed by atoms with Crippen LogP contribution in [0.4, 0.5) is 8.78 Å². The summed E-state index contributed by atoms with van der Waals surface area (Å²) in [6, 6.07) is 6.83. The summed E-state index contributed by atoms with van der Waals surface area (Å²) in [5.41, 5.74) is 0.209. The molecule has 0 bridgehead atoms. The molecule has 0 aliphatic heterocycles. The van der Waals surface area contributed by atoms with E-state index >= 15 is 0 Å². The lowest BCUT2D eigenvalue weighted by Gasteiger charge is -2.12. The first kappa shape index (κ1) is 14.9. The van der Waals surface area contributed by atoms with Gasteiger partial charge in [0, 0.05) is 11.0 Å². The molecule has 20 heavy (non-hydrogen) atoms. The fraction of sp³-hybridized carbons (Fsp3) is 0.143. The Morgan fingerprint density at radius 3 is 2.60 bits per heavy atom. The maximum Gasteiger partial charge on any atom is 0.166 e. The lowest BCUT2D eigenvalue weighted by Crippen LogP contribution is -2.03. The molecule has 0 amide bonds. The van der Waals surface area contributed by atoms with Crippen LogP contribution >= 0.6 is 24.2 Å². The van der Waals surface area contributed by atoms with Crippen LogP contribution in [-0.2, 0) is 6.61 Å². The highest BCUT2D eigenvalue weighted by Gasteiger charge is 2.12. The maximum absolute atomic E-state index is 13.7. The fourth-order valence-electron chi connectivity index (χ4n) is 1.65. The third kappa shape index (κ3) is 3.16. The molecular weight excluding hydrogens is 306 g/mol. The molecule has 0 atom stereocenters. The summed E-state index contributed by atoms with van der Waals surface area (Å²) in [6.07, 6.45) is 0. The molecule has 0 aromatic heterocycles. The molecule has 0 fully saturated rings. The van der Waals surface area contributed by atoms with Gasteiger partial charge in [-0.05, 0) is 18.2 Å². The second kappa shape index (κ2) is 6.33. The van der Waals surface area contributed by atoms with Crippen LogP contribution in [0.5, 0.6) is 11.5 Å². The molecule has 0 unspecified atom stereocenters. The molecule has 106 valence electrons. The van der Waals surface area contributed by atoms with Gasteiger partial charge in [0.25, 0.3) is 0 Å². The Balaban J connectivity index is 2.23. The molecule has 0 spiro atoms. The zero-order valence-electron chi connectivity index (χ0n) is 10.5. The van der Waals surface area contributed by atoms with Crippen LogP contribution in [0.3, 0.4) is 0 Å². The van der Waals surface area contributed by atoms with E-state index in [0.717, 1.165) is 6.07 Å². The van der Waals surface area contributed by atoms with Gasteiger partial charge in [0.2, 0.25) is 0 Å². The van der Waals surface area contributed by atoms with Crippen molar-refractivity contribution in [1.82, 2.24) is 0 Å². The smallest absolute Gasteiger partial charge is 0.166 e. The summed E-state index contributed by atoms with van der Waals surface area (Å²) in [5, 5.41) is 0.255. The van der Waals surface area contributed by atoms with Crippen molar-refractivity contribution in [2.75, 3.05) is 7.11 Å². The van der Waals surface area contributed by atoms with Crippen molar-refractivity contribution in [2.24, 2.45) is 0 Å². The van der Waals surface area contributed by atoms with Gasteiger partial charge in [-0.15, -0.1) is 12.6 Å². The molecular formula is C14H11ClF2O2S. The van der Waals surface area contributed by atoms with E-state index in [1.807, 2.05) is 0 Å². The van der Waals surface area contributed by atoms with E-state index < -0.39 is 11.6 Å². The summed E-state index contributed by atoms with van der Waals surface area (Å²) in [7, 11) is 1.42. The van der Waals surface area contributed by atoms with E-state index in [-0.39, 0.29) is 22.9 Å². The topological polar surface area (TPSA) is 18.5 Å². The summed E-state index contributed by atoms with van der Waals surface area (Å²) in [5.74, 6) is -0.836. The van der Waals surface area contributed by atoms with Crippen molar-refractivity contribution in [3.63, 3.8) is 0 Å². The van der Waals surface area contributed by atoms with Crippen LogP contribution in [-0.4, -0.2) is 7.11 Å². The Hall–Kier alpha value is -1.46. The second-order valence-electron chi connectivity index (χ2n) is 3.94. The van der Waals surface area contributed by atoms with E-state index in [1.165, 1.54) is 25.3 Å². The predicted octanol–water partition coefficient (Wildman–Crippen LogP) is 4.49. The first-order valence-corrected chi connectivity index (χ1v) is 6.47. The number of thiol groups is 1. The molecule has 0 N–H and O–H groups in total. The van der Waals surface area contributed by atoms with Gasteiger partial charge in [-0.1, -0.05) is 17.7 Å². The predicted molar refractivity (Wildman–Crippen MR) is 75.9 cm³/mol. The largest absolute Gasteiger partial charge is 0.496 e. The Kier molecular flexibility index (Phi) is 4.73. The molecule has 2 rings (SSSR count). The second-order valence-corrected chi connectivity index (χ2v) is 4.83. The molecule has 0 aliphatic rings. The average molecular weight is 317 g/mol. The number of benzene rings is 2. The number of halogens is 3. The van der Waals surface area contributed by atoms with E-state index in [2.05, 4.69) is 12.6 Å². The van der Waals surface area contributed by atoms with Gasteiger partial charge in [0.1, 0.15) is 18.2 Å². The minimum Gasteiger partial charge on any atom is -0.496 e. The normalized spacial score (nSPS) is 10.4. The van der Waals surface area contributed by atoms with E-state index in [4.69, 9.17) is 21.1 Å². The quantitative estimate of drug-likeness (QED) is 0.838. The fourth-order valence-corrected chi connectivity index (χ4v) is 1.98. The van der Waals surface area contributed by atoms with Crippen LogP contribution in [0.25, 0.3) is 0 Å². The third-order valence-electron chi connectivity index (χ3n) is 2.67. The van der Waals surface area contributed by atoms with Crippen molar-refractivity contribution in [3.05, 3.63) is 52.6 Å². The van der Waals surface area contributed by atoms with E-state index in [0.29, 0.717) is 10.6 Å². The lowest BCUT2D eigenvalue weighted by atomic mass is 10.2. The molecule has 0 saturated heterocycles. The number of ether oxygens (including phenoxy) is 2. The van der Waals surface area contributed by atoms with Crippen molar-refractivity contribution in [1.29, 1.82) is 0 Å². The Bertz CT molecular complexity index is 635. The molecule has 2 aromatic rings. The highest BCUT2D eigenvalue weighted by molar-refractivity contribution is 7.80. The van der Waals surface area contributed by atoms with Crippen LogP contribution in [0.1, 0.15) is 5.56 Å². The van der Waals surface area contributed by atoms with Gasteiger partial charge in [-0.25, -0.2) is 8.78 Å². The van der Waals surface area contributed by atoms with Gasteiger partial charge in [0.15, 0.2) is 11.6 Å². The van der Waals surface area contributed by atoms with E-state index in [1.54, 1.807) is 6.07 Å². The van der Waals surface area contributed by atoms with Crippen LogP contribution in [0.2, 0.25) is 5.02 Å². The minimum atomic E-state index is -0.616. The van der Waals surface area contributed by atoms with Crippen molar-refractivity contribution >= 4 is 24.2 Å². The van der Waals surface area contributed by atoms with Gasteiger partial charge < -0.3 is 9.47 Å². The molecule has 0 heterocycles. The maximum atomic E-state index is 13.7. The summed E-state index contributed by atoms with van der Waals surface area (Å²) in [4.78, 5) is 0.306. The van der Waals surface area contributed by atoms with Crippen molar-refractivity contribution < 1.29 is 18.3 Å². The van der Waals surface area contributed by atoms with E-state index in [9.17, 15) is 8.78 Å². The molecule has 6 heteroatoms. The summed E-state index contributed by atoms with van der Waals surface area (Å²) >= 11 is 9.83. The minimum absolute atomic E-state index is 0.0712. The Morgan fingerprint density at radius 2 is 1.90 bits per heavy atom. The lowest BCUT2D eigenvalue weighted by molar-refractivity contribution is 0.276. The molecule has 0 aliphatic carbocycles. The van der Waals surface area contributed by atoms with Gasteiger partial charge >= 0.3 is 0 Å². The molecule has 2 nitrogen and oxygen atoms in total. The zero-order valence-corrected chi connectivity index (χ0v) is 12.1. The Morgan fingerprint density at radius 1 is 1.15 bits per heavy atom. The number of hydrogen-bond acceptors (Lipinski definition) is 3. The van der Waals surface area contributed by atoms with Gasteiger partial charge in [-0.2, -0.15) is 0 Å². The monoisotopic (exact) mass is 316 g/mol. The standard InChI is InChI=1S/C14H11ClF2O2S/c1-18-12-4-2-3-10(16)8(12)7-19-13-5-9(15)14(20)6-11(13)17/h2-6,20H,7H2,1H3. The van der Waals surface area contributed by atoms with Crippen LogP contribution < -0.4 is 9.47 Å². The molecule has 0 radical (unpaired) electrons. The van der Waals surface area contributed by atoms with Crippen molar-refractivity contribution in [2.45, 2.75) is 11.5 Å². The Labute approximate surface area is 125 Å².